The van der Waals surface area contributed by atoms with Crippen LogP contribution in [0.15, 0.2) is 49.1 Å². The van der Waals surface area contributed by atoms with Gasteiger partial charge in [0.1, 0.15) is 0 Å². The molecule has 0 saturated heterocycles. The van der Waals surface area contributed by atoms with Crippen LogP contribution in [0.25, 0.3) is 0 Å². The lowest BCUT2D eigenvalue weighted by molar-refractivity contribution is -0.118. The maximum absolute atomic E-state index is 12.2. The van der Waals surface area contributed by atoms with Crippen LogP contribution in [0.4, 0.5) is 5.69 Å². The van der Waals surface area contributed by atoms with Gasteiger partial charge in [-0.3, -0.25) is 4.79 Å². The number of anilines is 1. The van der Waals surface area contributed by atoms with Gasteiger partial charge in [-0.05, 0) is 49.1 Å². The fourth-order valence-corrected chi connectivity index (χ4v) is 2.46. The van der Waals surface area contributed by atoms with E-state index in [4.69, 9.17) is 9.47 Å². The lowest BCUT2D eigenvalue weighted by atomic mass is 10.1. The highest BCUT2D eigenvalue weighted by atomic mass is 16.5. The highest BCUT2D eigenvalue weighted by Crippen LogP contribution is 2.28. The smallest absolute Gasteiger partial charge is 0.262 e. The second-order valence-electron chi connectivity index (χ2n) is 5.58. The number of amides is 1. The summed E-state index contributed by atoms with van der Waals surface area (Å²) < 4.78 is 10.9. The number of rotatable bonds is 7. The SMILES string of the molecule is C=CCc1ccc(OCC(=O)Nc2c(C)cccc2C)c(OC)c1. The van der Waals surface area contributed by atoms with E-state index < -0.39 is 0 Å². The molecule has 2 aromatic carbocycles. The minimum Gasteiger partial charge on any atom is -0.493 e. The molecule has 0 fully saturated rings. The predicted octanol–water partition coefficient (Wildman–Crippen LogP) is 4.06. The average Bonchev–Trinajstić information content (AvgIpc) is 2.57. The summed E-state index contributed by atoms with van der Waals surface area (Å²) in [7, 11) is 1.58. The zero-order chi connectivity index (χ0) is 17.5. The van der Waals surface area contributed by atoms with Crippen molar-refractivity contribution >= 4 is 11.6 Å². The zero-order valence-corrected chi connectivity index (χ0v) is 14.4. The van der Waals surface area contributed by atoms with E-state index in [1.54, 1.807) is 7.11 Å². The van der Waals surface area contributed by atoms with Crippen LogP contribution in [0.5, 0.6) is 11.5 Å². The average molecular weight is 325 g/mol. The summed E-state index contributed by atoms with van der Waals surface area (Å²) >= 11 is 0. The van der Waals surface area contributed by atoms with E-state index in [0.717, 1.165) is 28.8 Å². The van der Waals surface area contributed by atoms with Gasteiger partial charge in [0.2, 0.25) is 0 Å². The predicted molar refractivity (Wildman–Crippen MR) is 96.9 cm³/mol. The van der Waals surface area contributed by atoms with Gasteiger partial charge in [0.15, 0.2) is 18.1 Å². The van der Waals surface area contributed by atoms with Crippen molar-refractivity contribution in [3.05, 3.63) is 65.7 Å². The van der Waals surface area contributed by atoms with Crippen LogP contribution in [-0.4, -0.2) is 19.6 Å². The van der Waals surface area contributed by atoms with Gasteiger partial charge in [0.25, 0.3) is 5.91 Å². The summed E-state index contributed by atoms with van der Waals surface area (Å²) in [6.07, 6.45) is 2.58. The van der Waals surface area contributed by atoms with Crippen LogP contribution in [0.1, 0.15) is 16.7 Å². The number of hydrogen-bond acceptors (Lipinski definition) is 3. The van der Waals surface area contributed by atoms with Gasteiger partial charge < -0.3 is 14.8 Å². The Morgan fingerprint density at radius 2 is 1.88 bits per heavy atom. The van der Waals surface area contributed by atoms with Crippen LogP contribution in [0.2, 0.25) is 0 Å². The van der Waals surface area contributed by atoms with Crippen LogP contribution < -0.4 is 14.8 Å². The summed E-state index contributed by atoms with van der Waals surface area (Å²) in [4.78, 5) is 12.2. The van der Waals surface area contributed by atoms with E-state index in [9.17, 15) is 4.79 Å². The van der Waals surface area contributed by atoms with Crippen molar-refractivity contribution in [3.63, 3.8) is 0 Å². The number of methoxy groups -OCH3 is 1. The molecular weight excluding hydrogens is 302 g/mol. The summed E-state index contributed by atoms with van der Waals surface area (Å²) in [6.45, 7) is 7.57. The number of hydrogen-bond donors (Lipinski definition) is 1. The molecule has 4 heteroatoms. The first-order valence-electron chi connectivity index (χ1n) is 7.81. The third-order valence-corrected chi connectivity index (χ3v) is 3.71. The molecule has 0 aromatic heterocycles. The Kier molecular flexibility index (Phi) is 6.01. The summed E-state index contributed by atoms with van der Waals surface area (Å²) in [5.74, 6) is 0.945. The number of allylic oxidation sites excluding steroid dienone is 1. The van der Waals surface area contributed by atoms with Crippen LogP contribution in [-0.2, 0) is 11.2 Å². The van der Waals surface area contributed by atoms with E-state index >= 15 is 0 Å². The second-order valence-corrected chi connectivity index (χ2v) is 5.58. The van der Waals surface area contributed by atoms with Crippen molar-refractivity contribution in [1.82, 2.24) is 0 Å². The maximum atomic E-state index is 12.2. The highest BCUT2D eigenvalue weighted by Gasteiger charge is 2.10. The Balaban J connectivity index is 2.02. The summed E-state index contributed by atoms with van der Waals surface area (Å²) in [5, 5.41) is 2.90. The number of carbonyl (C=O) groups excluding carboxylic acids is 1. The van der Waals surface area contributed by atoms with Crippen molar-refractivity contribution < 1.29 is 14.3 Å². The fraction of sp³-hybridized carbons (Fsp3) is 0.250. The van der Waals surface area contributed by atoms with Crippen molar-refractivity contribution in [1.29, 1.82) is 0 Å². The molecule has 0 unspecified atom stereocenters. The number of aryl methyl sites for hydroxylation is 2. The summed E-state index contributed by atoms with van der Waals surface area (Å²) in [6, 6.07) is 11.5. The van der Waals surface area contributed by atoms with E-state index in [-0.39, 0.29) is 12.5 Å². The van der Waals surface area contributed by atoms with Crippen LogP contribution >= 0.6 is 0 Å². The lowest BCUT2D eigenvalue weighted by Crippen LogP contribution is -2.21. The minimum atomic E-state index is -0.204. The Morgan fingerprint density at radius 3 is 2.50 bits per heavy atom. The Morgan fingerprint density at radius 1 is 1.17 bits per heavy atom. The van der Waals surface area contributed by atoms with Gasteiger partial charge in [-0.15, -0.1) is 6.58 Å². The number of carbonyl (C=O) groups is 1. The van der Waals surface area contributed by atoms with Gasteiger partial charge in [-0.2, -0.15) is 0 Å². The molecule has 0 heterocycles. The van der Waals surface area contributed by atoms with Gasteiger partial charge in [-0.25, -0.2) is 0 Å². The lowest BCUT2D eigenvalue weighted by Gasteiger charge is -2.14. The quantitative estimate of drug-likeness (QED) is 0.781. The maximum Gasteiger partial charge on any atom is 0.262 e. The molecule has 0 aliphatic rings. The molecule has 0 aliphatic carbocycles. The van der Waals surface area contributed by atoms with Gasteiger partial charge >= 0.3 is 0 Å². The van der Waals surface area contributed by atoms with Gasteiger partial charge in [-0.1, -0.05) is 30.3 Å². The molecule has 1 amide bonds. The molecule has 0 aliphatic heterocycles. The van der Waals surface area contributed by atoms with Crippen molar-refractivity contribution in [3.8, 4) is 11.5 Å². The van der Waals surface area contributed by atoms with Crippen LogP contribution in [0, 0.1) is 13.8 Å². The topological polar surface area (TPSA) is 47.6 Å². The van der Waals surface area contributed by atoms with E-state index in [2.05, 4.69) is 11.9 Å². The van der Waals surface area contributed by atoms with E-state index in [0.29, 0.717) is 11.5 Å². The molecule has 126 valence electrons. The van der Waals surface area contributed by atoms with E-state index in [1.807, 2.05) is 56.3 Å². The molecule has 24 heavy (non-hydrogen) atoms. The number of ether oxygens (including phenoxy) is 2. The molecule has 0 saturated carbocycles. The Labute approximate surface area is 143 Å². The monoisotopic (exact) mass is 325 g/mol. The minimum absolute atomic E-state index is 0.0784. The third-order valence-electron chi connectivity index (χ3n) is 3.71. The molecule has 2 aromatic rings. The van der Waals surface area contributed by atoms with Crippen molar-refractivity contribution in [2.24, 2.45) is 0 Å². The highest BCUT2D eigenvalue weighted by molar-refractivity contribution is 5.93. The molecule has 2 rings (SSSR count). The molecule has 1 N–H and O–H groups in total. The van der Waals surface area contributed by atoms with Crippen LogP contribution in [0.3, 0.4) is 0 Å². The second kappa shape index (κ2) is 8.20. The van der Waals surface area contributed by atoms with Gasteiger partial charge in [0.05, 0.1) is 7.11 Å². The largest absolute Gasteiger partial charge is 0.493 e. The standard InChI is InChI=1S/C20H23NO3/c1-5-7-16-10-11-17(18(12-16)23-4)24-13-19(22)21-20-14(2)8-6-9-15(20)3/h5-6,8-12H,1,7,13H2,2-4H3,(H,21,22). The molecular formula is C20H23NO3. The normalized spacial score (nSPS) is 10.1. The van der Waals surface area contributed by atoms with E-state index in [1.165, 1.54) is 0 Å². The zero-order valence-electron chi connectivity index (χ0n) is 14.4. The molecule has 0 atom stereocenters. The Bertz CT molecular complexity index is 717. The number of nitrogens with one attached hydrogen (secondary N) is 1. The first-order chi connectivity index (χ1) is 11.5. The third kappa shape index (κ3) is 4.38. The van der Waals surface area contributed by atoms with Crippen molar-refractivity contribution in [2.75, 3.05) is 19.0 Å². The Hall–Kier alpha value is -2.75. The first kappa shape index (κ1) is 17.6. The first-order valence-corrected chi connectivity index (χ1v) is 7.81. The number of benzene rings is 2. The fourth-order valence-electron chi connectivity index (χ4n) is 2.46. The molecule has 4 nitrogen and oxygen atoms in total. The molecule has 0 spiro atoms. The summed E-state index contributed by atoms with van der Waals surface area (Å²) in [5.41, 5.74) is 3.96. The van der Waals surface area contributed by atoms with Gasteiger partial charge in [0, 0.05) is 5.69 Å². The number of para-hydroxylation sites is 1. The molecule has 0 bridgehead atoms. The molecule has 0 radical (unpaired) electrons. The van der Waals surface area contributed by atoms with Crippen molar-refractivity contribution in [2.45, 2.75) is 20.3 Å².